The van der Waals surface area contributed by atoms with E-state index in [-0.39, 0.29) is 5.25 Å². The predicted molar refractivity (Wildman–Crippen MR) is 87.0 cm³/mol. The molecule has 124 valence electrons. The maximum Gasteiger partial charge on any atom is 0.216 e. The van der Waals surface area contributed by atoms with E-state index >= 15 is 0 Å². The monoisotopic (exact) mass is 317 g/mol. The summed E-state index contributed by atoms with van der Waals surface area (Å²) in [6.45, 7) is 6.13. The summed E-state index contributed by atoms with van der Waals surface area (Å²) < 4.78 is 26.6. The van der Waals surface area contributed by atoms with Gasteiger partial charge in [-0.25, -0.2) is 12.7 Å². The van der Waals surface area contributed by atoms with Gasteiger partial charge in [0.15, 0.2) is 0 Å². The zero-order chi connectivity index (χ0) is 15.3. The lowest BCUT2D eigenvalue weighted by Crippen LogP contribution is -2.45. The van der Waals surface area contributed by atoms with Crippen LogP contribution in [0.4, 0.5) is 0 Å². The van der Waals surface area contributed by atoms with E-state index in [2.05, 4.69) is 16.8 Å². The molecule has 0 unspecified atom stereocenters. The van der Waals surface area contributed by atoms with Gasteiger partial charge in [-0.15, -0.1) is 0 Å². The van der Waals surface area contributed by atoms with Crippen molar-refractivity contribution >= 4 is 10.0 Å². The summed E-state index contributed by atoms with van der Waals surface area (Å²) in [5, 5.41) is -0.125. The summed E-state index contributed by atoms with van der Waals surface area (Å²) in [6, 6.07) is 0. The zero-order valence-electron chi connectivity index (χ0n) is 13.6. The number of nitrogens with zero attached hydrogens (tertiary/aromatic N) is 3. The van der Waals surface area contributed by atoms with Crippen LogP contribution in [0.25, 0.3) is 0 Å². The molecular formula is C15H31N3O2S. The second-order valence-electron chi connectivity index (χ2n) is 6.62. The zero-order valence-corrected chi connectivity index (χ0v) is 14.4. The van der Waals surface area contributed by atoms with Gasteiger partial charge >= 0.3 is 0 Å². The fraction of sp³-hybridized carbons (Fsp3) is 1.00. The third-order valence-corrected chi connectivity index (χ3v) is 7.32. The number of hydrogen-bond acceptors (Lipinski definition) is 4. The third kappa shape index (κ3) is 4.91. The van der Waals surface area contributed by atoms with E-state index in [4.69, 9.17) is 0 Å². The molecule has 21 heavy (non-hydrogen) atoms. The summed E-state index contributed by atoms with van der Waals surface area (Å²) >= 11 is 0. The van der Waals surface area contributed by atoms with E-state index in [0.717, 1.165) is 64.8 Å². The molecule has 2 aliphatic rings. The smallest absolute Gasteiger partial charge is 0.216 e. The van der Waals surface area contributed by atoms with Crippen molar-refractivity contribution in [2.24, 2.45) is 0 Å². The second-order valence-corrected chi connectivity index (χ2v) is 8.94. The van der Waals surface area contributed by atoms with Crippen LogP contribution in [0.15, 0.2) is 0 Å². The fourth-order valence-corrected chi connectivity index (χ4v) is 5.15. The van der Waals surface area contributed by atoms with Gasteiger partial charge in [0.25, 0.3) is 0 Å². The molecule has 0 N–H and O–H groups in total. The molecule has 0 aromatic rings. The van der Waals surface area contributed by atoms with Crippen LogP contribution in [0, 0.1) is 0 Å². The van der Waals surface area contributed by atoms with Gasteiger partial charge in [0.05, 0.1) is 5.25 Å². The Bertz CT molecular complexity index is 399. The van der Waals surface area contributed by atoms with Gasteiger partial charge < -0.3 is 9.80 Å². The van der Waals surface area contributed by atoms with Crippen LogP contribution in [-0.4, -0.2) is 81.1 Å². The molecular weight excluding hydrogens is 286 g/mol. The molecule has 0 amide bonds. The van der Waals surface area contributed by atoms with Gasteiger partial charge in [-0.2, -0.15) is 0 Å². The molecule has 2 rings (SSSR count). The average Bonchev–Trinajstić information content (AvgIpc) is 2.50. The van der Waals surface area contributed by atoms with Crippen molar-refractivity contribution in [3.63, 3.8) is 0 Å². The van der Waals surface area contributed by atoms with Crippen LogP contribution in [-0.2, 0) is 10.0 Å². The fourth-order valence-electron chi connectivity index (χ4n) is 3.33. The maximum atomic E-state index is 12.5. The number of piperazine rings is 1. The normalized spacial score (nSPS) is 23.8. The van der Waals surface area contributed by atoms with Gasteiger partial charge in [0.2, 0.25) is 10.0 Å². The summed E-state index contributed by atoms with van der Waals surface area (Å²) in [5.74, 6) is 0. The largest absolute Gasteiger partial charge is 0.304 e. The molecule has 0 aromatic heterocycles. The van der Waals surface area contributed by atoms with Crippen LogP contribution in [0.1, 0.15) is 38.5 Å². The summed E-state index contributed by atoms with van der Waals surface area (Å²) in [4.78, 5) is 4.79. The minimum absolute atomic E-state index is 0.125. The van der Waals surface area contributed by atoms with E-state index < -0.39 is 10.0 Å². The molecule has 2 fully saturated rings. The van der Waals surface area contributed by atoms with E-state index in [1.54, 1.807) is 11.4 Å². The van der Waals surface area contributed by atoms with Gasteiger partial charge in [-0.1, -0.05) is 19.3 Å². The molecule has 0 aromatic carbocycles. The Kier molecular flexibility index (Phi) is 6.47. The maximum absolute atomic E-state index is 12.5. The van der Waals surface area contributed by atoms with Crippen molar-refractivity contribution in [3.05, 3.63) is 0 Å². The van der Waals surface area contributed by atoms with Crippen LogP contribution < -0.4 is 0 Å². The van der Waals surface area contributed by atoms with Gasteiger partial charge in [0.1, 0.15) is 0 Å². The molecule has 1 saturated heterocycles. The number of likely N-dealkylation sites (N-methyl/N-ethyl adjacent to an activating group) is 1. The van der Waals surface area contributed by atoms with Crippen molar-refractivity contribution in [2.45, 2.75) is 43.8 Å². The highest BCUT2D eigenvalue weighted by atomic mass is 32.2. The lowest BCUT2D eigenvalue weighted by molar-refractivity contribution is 0.151. The van der Waals surface area contributed by atoms with E-state index in [1.807, 2.05) is 0 Å². The minimum Gasteiger partial charge on any atom is -0.304 e. The van der Waals surface area contributed by atoms with Crippen molar-refractivity contribution in [1.82, 2.24) is 14.1 Å². The highest BCUT2D eigenvalue weighted by Gasteiger charge is 2.30. The van der Waals surface area contributed by atoms with Crippen molar-refractivity contribution in [2.75, 3.05) is 53.4 Å². The molecule has 0 atom stereocenters. The first kappa shape index (κ1) is 17.2. The SMILES string of the molecule is CN1CCN(CCCN(C)S(=O)(=O)C2CCCCC2)CC1. The molecule has 1 aliphatic heterocycles. The van der Waals surface area contributed by atoms with Crippen LogP contribution in [0.5, 0.6) is 0 Å². The second kappa shape index (κ2) is 7.90. The number of hydrogen-bond donors (Lipinski definition) is 0. The minimum atomic E-state index is -3.07. The van der Waals surface area contributed by atoms with Crippen LogP contribution in [0.3, 0.4) is 0 Å². The molecule has 1 aliphatic carbocycles. The molecule has 0 spiro atoms. The first-order chi connectivity index (χ1) is 10.00. The summed E-state index contributed by atoms with van der Waals surface area (Å²) in [5.41, 5.74) is 0. The van der Waals surface area contributed by atoms with E-state index in [9.17, 15) is 8.42 Å². The van der Waals surface area contributed by atoms with Crippen molar-refractivity contribution < 1.29 is 8.42 Å². The van der Waals surface area contributed by atoms with Gasteiger partial charge in [0, 0.05) is 39.8 Å². The lowest BCUT2D eigenvalue weighted by Gasteiger charge is -2.33. The first-order valence-corrected chi connectivity index (χ1v) is 9.86. The quantitative estimate of drug-likeness (QED) is 0.739. The number of sulfonamides is 1. The Morgan fingerprint density at radius 3 is 2.29 bits per heavy atom. The summed E-state index contributed by atoms with van der Waals surface area (Å²) in [7, 11) is 0.845. The van der Waals surface area contributed by atoms with Crippen molar-refractivity contribution in [3.8, 4) is 0 Å². The Labute approximate surface area is 130 Å². The predicted octanol–water partition coefficient (Wildman–Crippen LogP) is 1.22. The Morgan fingerprint density at radius 1 is 1.05 bits per heavy atom. The highest BCUT2D eigenvalue weighted by Crippen LogP contribution is 2.25. The van der Waals surface area contributed by atoms with Crippen LogP contribution in [0.2, 0.25) is 0 Å². The molecule has 5 nitrogen and oxygen atoms in total. The summed E-state index contributed by atoms with van der Waals surface area (Å²) in [6.07, 6.45) is 5.97. The molecule has 1 saturated carbocycles. The third-order valence-electron chi connectivity index (χ3n) is 4.95. The molecule has 0 bridgehead atoms. The molecule has 0 radical (unpaired) electrons. The molecule has 1 heterocycles. The Morgan fingerprint density at radius 2 is 1.67 bits per heavy atom. The first-order valence-electron chi connectivity index (χ1n) is 8.36. The standard InChI is InChI=1S/C15H31N3O2S/c1-16-11-13-18(14-12-16)10-6-9-17(2)21(19,20)15-7-4-3-5-8-15/h15H,3-14H2,1-2H3. The highest BCUT2D eigenvalue weighted by molar-refractivity contribution is 7.89. The van der Waals surface area contributed by atoms with Crippen molar-refractivity contribution in [1.29, 1.82) is 0 Å². The van der Waals surface area contributed by atoms with E-state index in [1.165, 1.54) is 6.42 Å². The number of rotatable bonds is 6. The average molecular weight is 317 g/mol. The Balaban J connectivity index is 1.72. The topological polar surface area (TPSA) is 43.9 Å². The Hall–Kier alpha value is -0.170. The van der Waals surface area contributed by atoms with Gasteiger partial charge in [-0.05, 0) is 32.9 Å². The van der Waals surface area contributed by atoms with Gasteiger partial charge in [-0.3, -0.25) is 0 Å². The van der Waals surface area contributed by atoms with E-state index in [0.29, 0.717) is 6.54 Å². The van der Waals surface area contributed by atoms with Crippen LogP contribution >= 0.6 is 0 Å². The lowest BCUT2D eigenvalue weighted by atomic mass is 10.0. The molecule has 6 heteroatoms.